The highest BCUT2D eigenvalue weighted by molar-refractivity contribution is 6.12. The van der Waals surface area contributed by atoms with Gasteiger partial charge in [-0.25, -0.2) is 9.59 Å². The van der Waals surface area contributed by atoms with Crippen molar-refractivity contribution < 1.29 is 19.1 Å². The highest BCUT2D eigenvalue weighted by Gasteiger charge is 2.32. The molecule has 3 rings (SSSR count). The van der Waals surface area contributed by atoms with Gasteiger partial charge in [0.15, 0.2) is 0 Å². The number of aromatic nitrogens is 3. The number of benzene rings is 2. The molecule has 1 aromatic heterocycles. The van der Waals surface area contributed by atoms with Crippen LogP contribution >= 0.6 is 0 Å². The van der Waals surface area contributed by atoms with E-state index in [9.17, 15) is 9.59 Å². The molecule has 0 aliphatic heterocycles. The monoisotopic (exact) mass is 409 g/mol. The molecule has 0 aliphatic rings. The first-order valence-electron chi connectivity index (χ1n) is 9.82. The van der Waals surface area contributed by atoms with Gasteiger partial charge in [0, 0.05) is 0 Å². The van der Waals surface area contributed by atoms with Gasteiger partial charge in [-0.05, 0) is 65.2 Å². The molecule has 0 amide bonds. The summed E-state index contributed by atoms with van der Waals surface area (Å²) >= 11 is 0. The lowest BCUT2D eigenvalue weighted by atomic mass is 9.94. The highest BCUT2D eigenvalue weighted by atomic mass is 16.6. The summed E-state index contributed by atoms with van der Waals surface area (Å²) in [4.78, 5) is 26.4. The molecule has 1 N–H and O–H groups in total. The average molecular weight is 409 g/mol. The van der Waals surface area contributed by atoms with Crippen molar-refractivity contribution in [3.05, 3.63) is 58.7 Å². The third kappa shape index (κ3) is 5.03. The second-order valence-electron chi connectivity index (χ2n) is 9.16. The van der Waals surface area contributed by atoms with Crippen LogP contribution in [0.5, 0.6) is 0 Å². The number of nitrogens with zero attached hydrogens (tertiary/aromatic N) is 2. The van der Waals surface area contributed by atoms with Gasteiger partial charge in [-0.1, -0.05) is 35.5 Å². The van der Waals surface area contributed by atoms with Crippen LogP contribution in [0.4, 0.5) is 0 Å². The molecule has 158 valence electrons. The number of esters is 2. The molecule has 2 aromatic carbocycles. The number of rotatable bonds is 4. The van der Waals surface area contributed by atoms with Crippen molar-refractivity contribution in [1.82, 2.24) is 15.4 Å². The van der Waals surface area contributed by atoms with Crippen molar-refractivity contribution in [1.29, 1.82) is 0 Å². The Morgan fingerprint density at radius 2 is 1.47 bits per heavy atom. The molecule has 0 fully saturated rings. The summed E-state index contributed by atoms with van der Waals surface area (Å²) in [6.07, 6.45) is 0.431. The standard InChI is InChI=1S/C23H27N3O4/c1-22(2,3)29-20(27)17-15(12-14-10-8-7-9-11-14)13-16-19(25-26-24-16)18(17)21(28)30-23(4,5)6/h7-11,13H,12H2,1-6H3,(H,24,25,26). The molecule has 3 aromatic rings. The number of fused-ring (bicyclic) bond motifs is 1. The largest absolute Gasteiger partial charge is 0.456 e. The number of carbonyl (C=O) groups excluding carboxylic acids is 2. The number of H-pyrrole nitrogens is 1. The molecular weight excluding hydrogens is 382 g/mol. The number of ether oxygens (including phenoxy) is 2. The molecule has 7 heteroatoms. The first kappa shape index (κ1) is 21.5. The van der Waals surface area contributed by atoms with Crippen molar-refractivity contribution >= 4 is 23.0 Å². The fraction of sp³-hybridized carbons (Fsp3) is 0.391. The Kier molecular flexibility index (Phi) is 5.65. The van der Waals surface area contributed by atoms with Crippen LogP contribution in [0.25, 0.3) is 11.0 Å². The summed E-state index contributed by atoms with van der Waals surface area (Å²) < 4.78 is 11.2. The predicted molar refractivity (Wildman–Crippen MR) is 113 cm³/mol. The summed E-state index contributed by atoms with van der Waals surface area (Å²) in [6, 6.07) is 11.5. The van der Waals surface area contributed by atoms with E-state index in [0.717, 1.165) is 5.56 Å². The van der Waals surface area contributed by atoms with Crippen molar-refractivity contribution in [2.24, 2.45) is 0 Å². The van der Waals surface area contributed by atoms with Crippen molar-refractivity contribution in [3.8, 4) is 0 Å². The van der Waals surface area contributed by atoms with Crippen LogP contribution < -0.4 is 0 Å². The molecule has 30 heavy (non-hydrogen) atoms. The molecule has 0 aliphatic carbocycles. The Morgan fingerprint density at radius 3 is 2.03 bits per heavy atom. The Bertz CT molecular complexity index is 1070. The Hall–Kier alpha value is -3.22. The van der Waals surface area contributed by atoms with Gasteiger partial charge in [-0.2, -0.15) is 0 Å². The minimum absolute atomic E-state index is 0.0661. The van der Waals surface area contributed by atoms with E-state index in [4.69, 9.17) is 9.47 Å². The minimum atomic E-state index is -0.742. The van der Waals surface area contributed by atoms with E-state index in [2.05, 4.69) is 15.4 Å². The second kappa shape index (κ2) is 7.89. The fourth-order valence-corrected chi connectivity index (χ4v) is 3.09. The zero-order valence-corrected chi connectivity index (χ0v) is 18.2. The van der Waals surface area contributed by atoms with E-state index in [-0.39, 0.29) is 16.6 Å². The van der Waals surface area contributed by atoms with Crippen LogP contribution in [-0.2, 0) is 15.9 Å². The van der Waals surface area contributed by atoms with Gasteiger partial charge in [0.25, 0.3) is 0 Å². The van der Waals surface area contributed by atoms with Gasteiger partial charge in [0.1, 0.15) is 22.3 Å². The smallest absolute Gasteiger partial charge is 0.341 e. The Morgan fingerprint density at radius 1 is 0.900 bits per heavy atom. The van der Waals surface area contributed by atoms with Crippen LogP contribution in [-0.4, -0.2) is 38.6 Å². The maximum atomic E-state index is 13.2. The number of nitrogens with one attached hydrogen (secondary N) is 1. The first-order valence-corrected chi connectivity index (χ1v) is 9.82. The SMILES string of the molecule is CC(C)(C)OC(=O)c1c(Cc2ccccc2)cc2[nH]nnc2c1C(=O)OC(C)(C)C. The molecule has 0 atom stereocenters. The fourth-order valence-electron chi connectivity index (χ4n) is 3.09. The van der Waals surface area contributed by atoms with Crippen LogP contribution in [0.3, 0.4) is 0 Å². The third-order valence-corrected chi connectivity index (χ3v) is 4.15. The zero-order chi connectivity index (χ0) is 22.1. The van der Waals surface area contributed by atoms with E-state index in [0.29, 0.717) is 17.5 Å². The summed E-state index contributed by atoms with van der Waals surface area (Å²) in [5.41, 5.74) is 1.20. The van der Waals surface area contributed by atoms with Crippen LogP contribution in [0.15, 0.2) is 36.4 Å². The summed E-state index contributed by atoms with van der Waals surface area (Å²) in [6.45, 7) is 10.7. The Balaban J connectivity index is 2.24. The number of hydrogen-bond donors (Lipinski definition) is 1. The van der Waals surface area contributed by atoms with Gasteiger partial charge >= 0.3 is 11.9 Å². The number of carbonyl (C=O) groups is 2. The van der Waals surface area contributed by atoms with Gasteiger partial charge in [0.05, 0.1) is 11.1 Å². The summed E-state index contributed by atoms with van der Waals surface area (Å²) in [5, 5.41) is 10.7. The topological polar surface area (TPSA) is 94.2 Å². The molecule has 7 nitrogen and oxygen atoms in total. The van der Waals surface area contributed by atoms with Crippen LogP contribution in [0, 0.1) is 0 Å². The first-order chi connectivity index (χ1) is 13.9. The zero-order valence-electron chi connectivity index (χ0n) is 18.2. The van der Waals surface area contributed by atoms with E-state index in [1.807, 2.05) is 30.3 Å². The highest BCUT2D eigenvalue weighted by Crippen LogP contribution is 2.29. The molecule has 0 unspecified atom stereocenters. The van der Waals surface area contributed by atoms with Crippen molar-refractivity contribution in [2.45, 2.75) is 59.2 Å². The number of aromatic amines is 1. The normalized spacial score (nSPS) is 12.1. The van der Waals surface area contributed by atoms with Crippen LogP contribution in [0.1, 0.15) is 73.4 Å². The molecule has 0 radical (unpaired) electrons. The van der Waals surface area contributed by atoms with Crippen molar-refractivity contribution in [3.63, 3.8) is 0 Å². The lowest BCUT2D eigenvalue weighted by Gasteiger charge is -2.24. The van der Waals surface area contributed by atoms with E-state index in [1.165, 1.54) is 0 Å². The molecule has 0 bridgehead atoms. The van der Waals surface area contributed by atoms with Gasteiger partial charge in [-0.3, -0.25) is 5.10 Å². The van der Waals surface area contributed by atoms with E-state index in [1.54, 1.807) is 47.6 Å². The van der Waals surface area contributed by atoms with Crippen molar-refractivity contribution in [2.75, 3.05) is 0 Å². The van der Waals surface area contributed by atoms with Gasteiger partial charge in [-0.15, -0.1) is 5.10 Å². The molecule has 0 saturated carbocycles. The summed E-state index contributed by atoms with van der Waals surface area (Å²) in [5.74, 6) is -1.24. The molecule has 0 saturated heterocycles. The molecule has 0 spiro atoms. The van der Waals surface area contributed by atoms with Crippen LogP contribution in [0.2, 0.25) is 0 Å². The summed E-state index contributed by atoms with van der Waals surface area (Å²) in [7, 11) is 0. The molecular formula is C23H27N3O4. The predicted octanol–water partition coefficient (Wildman–Crippen LogP) is 4.46. The van der Waals surface area contributed by atoms with Gasteiger partial charge in [0.2, 0.25) is 0 Å². The lowest BCUT2D eigenvalue weighted by Crippen LogP contribution is -2.29. The second-order valence-corrected chi connectivity index (χ2v) is 9.16. The lowest BCUT2D eigenvalue weighted by molar-refractivity contribution is 0.00194. The molecule has 1 heterocycles. The number of hydrogen-bond acceptors (Lipinski definition) is 6. The van der Waals surface area contributed by atoms with Gasteiger partial charge < -0.3 is 9.47 Å². The third-order valence-electron chi connectivity index (χ3n) is 4.15. The minimum Gasteiger partial charge on any atom is -0.456 e. The van der Waals surface area contributed by atoms with E-state index < -0.39 is 23.1 Å². The van der Waals surface area contributed by atoms with E-state index >= 15 is 0 Å². The average Bonchev–Trinajstić information content (AvgIpc) is 3.06. The maximum absolute atomic E-state index is 13.2. The maximum Gasteiger partial charge on any atom is 0.341 e. The quantitative estimate of drug-likeness (QED) is 0.640. The Labute approximate surface area is 175 Å².